The largest absolute Gasteiger partial charge is 0.368 e. The lowest BCUT2D eigenvalue weighted by Crippen LogP contribution is -2.44. The Hall–Kier alpha value is -0.770. The van der Waals surface area contributed by atoms with Crippen LogP contribution < -0.4 is 22.5 Å². The number of nitrogens with two attached hydrogens (primary N) is 3. The summed E-state index contributed by atoms with van der Waals surface area (Å²) >= 11 is 0. The van der Waals surface area contributed by atoms with Gasteiger partial charge in [-0.3, -0.25) is 19.7 Å². The summed E-state index contributed by atoms with van der Waals surface area (Å²) in [4.78, 5) is 32.4. The number of hydrogen-bond donors (Lipinski definition) is 4. The molecule has 1 unspecified atom stereocenters. The lowest BCUT2D eigenvalue weighted by molar-refractivity contribution is -0.129. The fourth-order valence-electron chi connectivity index (χ4n) is 0.667. The first-order chi connectivity index (χ1) is 7.84. The zero-order valence-corrected chi connectivity index (χ0v) is 11.0. The molecule has 0 aliphatic carbocycles. The van der Waals surface area contributed by atoms with Gasteiger partial charge in [0.1, 0.15) is 0 Å². The van der Waals surface area contributed by atoms with Crippen molar-refractivity contribution in [3.8, 4) is 0 Å². The van der Waals surface area contributed by atoms with Gasteiger partial charge in [-0.1, -0.05) is 21.6 Å². The van der Waals surface area contributed by atoms with Crippen LogP contribution in [0.25, 0.3) is 0 Å². The normalized spacial score (nSPS) is 13.8. The third-order valence-electron chi connectivity index (χ3n) is 1.58. The zero-order valence-electron chi connectivity index (χ0n) is 9.34. The minimum Gasteiger partial charge on any atom is -0.368 e. The van der Waals surface area contributed by atoms with Gasteiger partial charge >= 0.3 is 0 Å². The van der Waals surface area contributed by atoms with Gasteiger partial charge in [-0.2, -0.15) is 0 Å². The number of rotatable bonds is 7. The molecule has 0 rings (SSSR count). The van der Waals surface area contributed by atoms with Gasteiger partial charge in [-0.05, 0) is 0 Å². The molecule has 0 aliphatic heterocycles. The average Bonchev–Trinajstić information content (AvgIpc) is 2.22. The standard InChI is InChI=1S/C8H16N4O3S2/c1-4(13)12-8(15)6(10)3-17-16-2-5(9)7(11)14/h5-6H,2-3,9-10H2,1H3,(H2,11,14)(H,12,13,15)/t5?,6-/m0/s1. The first kappa shape index (κ1) is 16.2. The third-order valence-corrected chi connectivity index (χ3v) is 4.05. The van der Waals surface area contributed by atoms with E-state index in [1.807, 2.05) is 0 Å². The first-order valence-corrected chi connectivity index (χ1v) is 7.19. The summed E-state index contributed by atoms with van der Waals surface area (Å²) < 4.78 is 0. The number of hydrogen-bond acceptors (Lipinski definition) is 7. The van der Waals surface area contributed by atoms with E-state index in [0.717, 1.165) is 0 Å². The first-order valence-electron chi connectivity index (χ1n) is 4.71. The number of amides is 3. The maximum absolute atomic E-state index is 11.2. The van der Waals surface area contributed by atoms with Crippen LogP contribution in [-0.4, -0.2) is 41.3 Å². The lowest BCUT2D eigenvalue weighted by Gasteiger charge is -2.10. The summed E-state index contributed by atoms with van der Waals surface area (Å²) in [5, 5.41) is 2.09. The Kier molecular flexibility index (Phi) is 7.96. The Labute approximate surface area is 107 Å². The van der Waals surface area contributed by atoms with E-state index < -0.39 is 29.8 Å². The van der Waals surface area contributed by atoms with Crippen molar-refractivity contribution in [3.63, 3.8) is 0 Å². The fraction of sp³-hybridized carbons (Fsp3) is 0.625. The number of nitrogens with one attached hydrogen (secondary N) is 1. The van der Waals surface area contributed by atoms with E-state index in [2.05, 4.69) is 5.32 Å². The summed E-state index contributed by atoms with van der Waals surface area (Å²) in [7, 11) is 2.59. The maximum atomic E-state index is 11.2. The van der Waals surface area contributed by atoms with E-state index in [0.29, 0.717) is 11.5 Å². The van der Waals surface area contributed by atoms with Crippen molar-refractivity contribution in [2.75, 3.05) is 11.5 Å². The Morgan fingerprint density at radius 1 is 1.12 bits per heavy atom. The Morgan fingerprint density at radius 2 is 1.59 bits per heavy atom. The molecule has 0 heterocycles. The summed E-state index contributed by atoms with van der Waals surface area (Å²) in [6.45, 7) is 1.23. The third kappa shape index (κ3) is 8.02. The minimum absolute atomic E-state index is 0.315. The van der Waals surface area contributed by atoms with Crippen LogP contribution in [0.5, 0.6) is 0 Å². The molecular formula is C8H16N4O3S2. The van der Waals surface area contributed by atoms with E-state index >= 15 is 0 Å². The predicted molar refractivity (Wildman–Crippen MR) is 68.9 cm³/mol. The maximum Gasteiger partial charge on any atom is 0.244 e. The summed E-state index contributed by atoms with van der Waals surface area (Å²) in [5.74, 6) is -0.878. The molecule has 98 valence electrons. The van der Waals surface area contributed by atoms with Crippen LogP contribution in [0.3, 0.4) is 0 Å². The molecule has 0 radical (unpaired) electrons. The highest BCUT2D eigenvalue weighted by Gasteiger charge is 2.15. The Bertz CT molecular complexity index is 300. The molecule has 0 saturated heterocycles. The average molecular weight is 280 g/mol. The van der Waals surface area contributed by atoms with Gasteiger partial charge in [0.25, 0.3) is 0 Å². The van der Waals surface area contributed by atoms with Crippen LogP contribution in [0.15, 0.2) is 0 Å². The molecule has 17 heavy (non-hydrogen) atoms. The molecule has 0 aromatic rings. The second kappa shape index (κ2) is 8.34. The second-order valence-electron chi connectivity index (χ2n) is 3.23. The number of primary amides is 1. The molecule has 9 heteroatoms. The quantitative estimate of drug-likeness (QED) is 0.317. The monoisotopic (exact) mass is 280 g/mol. The van der Waals surface area contributed by atoms with Crippen LogP contribution in [0.4, 0.5) is 0 Å². The Balaban J connectivity index is 3.71. The van der Waals surface area contributed by atoms with Gasteiger partial charge in [0.15, 0.2) is 0 Å². The lowest BCUT2D eigenvalue weighted by atomic mass is 10.3. The smallest absolute Gasteiger partial charge is 0.244 e. The molecule has 0 aromatic carbocycles. The summed E-state index contributed by atoms with van der Waals surface area (Å²) in [6, 6.07) is -1.49. The van der Waals surface area contributed by atoms with Crippen LogP contribution in [0.2, 0.25) is 0 Å². The van der Waals surface area contributed by atoms with Gasteiger partial charge in [0.2, 0.25) is 17.7 Å². The molecule has 0 aromatic heterocycles. The van der Waals surface area contributed by atoms with Crippen molar-refractivity contribution in [1.82, 2.24) is 5.32 Å². The fourth-order valence-corrected chi connectivity index (χ4v) is 2.93. The molecule has 7 nitrogen and oxygen atoms in total. The zero-order chi connectivity index (χ0) is 13.4. The highest BCUT2D eigenvalue weighted by Crippen LogP contribution is 2.21. The Morgan fingerprint density at radius 3 is 2.00 bits per heavy atom. The summed E-state index contributed by atoms with van der Waals surface area (Å²) in [5.41, 5.74) is 15.9. The molecular weight excluding hydrogens is 264 g/mol. The van der Waals surface area contributed by atoms with Crippen LogP contribution in [-0.2, 0) is 14.4 Å². The molecule has 0 fully saturated rings. The molecule has 7 N–H and O–H groups in total. The van der Waals surface area contributed by atoms with Gasteiger partial charge in [0.05, 0.1) is 12.1 Å². The molecule has 3 amide bonds. The van der Waals surface area contributed by atoms with Crippen molar-refractivity contribution in [3.05, 3.63) is 0 Å². The van der Waals surface area contributed by atoms with Crippen LogP contribution >= 0.6 is 21.6 Å². The van der Waals surface area contributed by atoms with Gasteiger partial charge in [0, 0.05) is 18.4 Å². The van der Waals surface area contributed by atoms with E-state index in [9.17, 15) is 14.4 Å². The van der Waals surface area contributed by atoms with Crippen molar-refractivity contribution in [2.45, 2.75) is 19.0 Å². The van der Waals surface area contributed by atoms with Gasteiger partial charge in [-0.25, -0.2) is 0 Å². The summed E-state index contributed by atoms with van der Waals surface area (Å²) in [6.07, 6.45) is 0. The highest BCUT2D eigenvalue weighted by molar-refractivity contribution is 8.76. The van der Waals surface area contributed by atoms with E-state index in [1.54, 1.807) is 0 Å². The van der Waals surface area contributed by atoms with Crippen molar-refractivity contribution >= 4 is 39.3 Å². The van der Waals surface area contributed by atoms with Crippen LogP contribution in [0, 0.1) is 0 Å². The SMILES string of the molecule is CC(=O)NC(=O)[C@@H](N)CSSCC(N)C(N)=O. The second-order valence-corrected chi connectivity index (χ2v) is 5.78. The molecule has 0 bridgehead atoms. The van der Waals surface area contributed by atoms with Crippen molar-refractivity contribution in [1.29, 1.82) is 0 Å². The number of carbonyl (C=O) groups excluding carboxylic acids is 3. The number of imide groups is 1. The molecule has 0 saturated carbocycles. The molecule has 2 atom stereocenters. The topological polar surface area (TPSA) is 141 Å². The predicted octanol–water partition coefficient (Wildman–Crippen LogP) is -1.83. The number of carbonyl (C=O) groups is 3. The minimum atomic E-state index is -0.777. The van der Waals surface area contributed by atoms with E-state index in [4.69, 9.17) is 17.2 Å². The van der Waals surface area contributed by atoms with Crippen LogP contribution in [0.1, 0.15) is 6.92 Å². The van der Waals surface area contributed by atoms with Gasteiger partial charge in [-0.15, -0.1) is 0 Å². The highest BCUT2D eigenvalue weighted by atomic mass is 33.1. The van der Waals surface area contributed by atoms with E-state index in [-0.39, 0.29) is 0 Å². The van der Waals surface area contributed by atoms with Gasteiger partial charge < -0.3 is 17.2 Å². The molecule has 0 aliphatic rings. The van der Waals surface area contributed by atoms with Crippen molar-refractivity contribution < 1.29 is 14.4 Å². The van der Waals surface area contributed by atoms with Crippen molar-refractivity contribution in [2.24, 2.45) is 17.2 Å². The van der Waals surface area contributed by atoms with E-state index in [1.165, 1.54) is 28.5 Å². The molecule has 0 spiro atoms.